The van der Waals surface area contributed by atoms with E-state index in [0.717, 1.165) is 26.2 Å². The quantitative estimate of drug-likeness (QED) is 0.509. The van der Waals surface area contributed by atoms with Gasteiger partial charge in [-0.2, -0.15) is 0 Å². The summed E-state index contributed by atoms with van der Waals surface area (Å²) in [6, 6.07) is 10.4. The first-order valence-corrected chi connectivity index (χ1v) is 10.8. The van der Waals surface area contributed by atoms with Crippen molar-refractivity contribution in [3.63, 3.8) is 0 Å². The summed E-state index contributed by atoms with van der Waals surface area (Å²) in [7, 11) is 0. The maximum absolute atomic E-state index is 12.8. The first-order chi connectivity index (χ1) is 14.4. The van der Waals surface area contributed by atoms with Crippen LogP contribution in [-0.2, 0) is 16.0 Å². The van der Waals surface area contributed by atoms with E-state index in [2.05, 4.69) is 15.6 Å². The Hall–Kier alpha value is -3.13. The summed E-state index contributed by atoms with van der Waals surface area (Å²) >= 11 is 1.57. The van der Waals surface area contributed by atoms with Crippen LogP contribution in [0.3, 0.4) is 0 Å². The number of urea groups is 1. The molecule has 0 bridgehead atoms. The first kappa shape index (κ1) is 20.2. The molecule has 0 saturated carbocycles. The number of hydrogen-bond donors (Lipinski definition) is 3. The second-order valence-electron chi connectivity index (χ2n) is 7.79. The van der Waals surface area contributed by atoms with E-state index in [-0.39, 0.29) is 30.3 Å². The molecule has 0 radical (unpaired) electrons. The summed E-state index contributed by atoms with van der Waals surface area (Å²) in [5.41, 5.74) is 1.93. The van der Waals surface area contributed by atoms with Crippen molar-refractivity contribution in [2.45, 2.75) is 32.4 Å². The molecule has 3 heterocycles. The Morgan fingerprint density at radius 3 is 2.73 bits per heavy atom. The second kappa shape index (κ2) is 8.31. The summed E-state index contributed by atoms with van der Waals surface area (Å²) in [5, 5.41) is 8.66. The molecular weight excluding hydrogens is 400 g/mol. The van der Waals surface area contributed by atoms with Gasteiger partial charge in [-0.15, -0.1) is 11.3 Å². The van der Waals surface area contributed by atoms with E-state index >= 15 is 0 Å². The average Bonchev–Trinajstić information content (AvgIpc) is 3.44. The normalized spacial score (nSPS) is 17.6. The van der Waals surface area contributed by atoms with E-state index in [4.69, 9.17) is 0 Å². The zero-order chi connectivity index (χ0) is 21.3. The monoisotopic (exact) mass is 424 g/mol. The molecule has 8 heteroatoms. The van der Waals surface area contributed by atoms with Gasteiger partial charge in [-0.3, -0.25) is 14.5 Å². The van der Waals surface area contributed by atoms with E-state index < -0.39 is 12.1 Å². The van der Waals surface area contributed by atoms with Gasteiger partial charge in [-0.25, -0.2) is 4.79 Å². The number of aromatic amines is 1. The van der Waals surface area contributed by atoms with Crippen LogP contribution in [0.1, 0.15) is 30.3 Å². The molecule has 3 N–H and O–H groups in total. The summed E-state index contributed by atoms with van der Waals surface area (Å²) < 4.78 is 0. The Balaban J connectivity index is 1.42. The van der Waals surface area contributed by atoms with Gasteiger partial charge in [0.05, 0.1) is 6.04 Å². The van der Waals surface area contributed by atoms with Gasteiger partial charge in [0.15, 0.2) is 0 Å². The van der Waals surface area contributed by atoms with E-state index in [1.165, 1.54) is 0 Å². The Bertz CT molecular complexity index is 1070. The number of amides is 4. The Labute approximate surface area is 178 Å². The summed E-state index contributed by atoms with van der Waals surface area (Å²) in [6.07, 6.45) is 2.23. The maximum atomic E-state index is 12.8. The van der Waals surface area contributed by atoms with Gasteiger partial charge >= 0.3 is 6.03 Å². The highest BCUT2D eigenvalue weighted by molar-refractivity contribution is 7.10. The minimum absolute atomic E-state index is 0.153. The van der Waals surface area contributed by atoms with Crippen LogP contribution in [0, 0.1) is 5.92 Å². The molecule has 7 nitrogen and oxygen atoms in total. The third-order valence-electron chi connectivity index (χ3n) is 5.34. The number of hydrogen-bond acceptors (Lipinski definition) is 4. The van der Waals surface area contributed by atoms with Gasteiger partial charge in [-0.05, 0) is 29.0 Å². The van der Waals surface area contributed by atoms with Crippen LogP contribution in [0.15, 0.2) is 48.0 Å². The minimum atomic E-state index is -0.678. The van der Waals surface area contributed by atoms with E-state index in [1.807, 2.05) is 61.8 Å². The lowest BCUT2D eigenvalue weighted by Crippen LogP contribution is -2.43. The summed E-state index contributed by atoms with van der Waals surface area (Å²) in [6.45, 7) is 3.76. The van der Waals surface area contributed by atoms with Crippen molar-refractivity contribution in [3.8, 4) is 0 Å². The molecule has 1 aromatic carbocycles. The summed E-state index contributed by atoms with van der Waals surface area (Å²) in [5.74, 6) is -0.540. The molecule has 1 fully saturated rings. The number of thiophene rings is 1. The van der Waals surface area contributed by atoms with Crippen molar-refractivity contribution in [3.05, 3.63) is 58.4 Å². The maximum Gasteiger partial charge on any atom is 0.325 e. The zero-order valence-electron chi connectivity index (χ0n) is 16.8. The molecule has 2 atom stereocenters. The lowest BCUT2D eigenvalue weighted by molar-refractivity contribution is -0.132. The molecule has 4 amide bonds. The third-order valence-corrected chi connectivity index (χ3v) is 6.30. The number of rotatable bonds is 7. The van der Waals surface area contributed by atoms with Crippen LogP contribution in [-0.4, -0.2) is 40.3 Å². The number of fused-ring (bicyclic) bond motifs is 1. The zero-order valence-corrected chi connectivity index (χ0v) is 17.7. The van der Waals surface area contributed by atoms with Crippen molar-refractivity contribution < 1.29 is 14.4 Å². The van der Waals surface area contributed by atoms with Crippen molar-refractivity contribution in [2.24, 2.45) is 5.92 Å². The second-order valence-corrected chi connectivity index (χ2v) is 8.77. The highest BCUT2D eigenvalue weighted by Gasteiger charge is 2.39. The number of imide groups is 1. The van der Waals surface area contributed by atoms with Crippen molar-refractivity contribution in [1.29, 1.82) is 0 Å². The van der Waals surface area contributed by atoms with Crippen LogP contribution in [0.2, 0.25) is 0 Å². The predicted octanol–water partition coefficient (Wildman–Crippen LogP) is 3.21. The number of carbonyl (C=O) groups excluding carboxylic acids is 3. The molecule has 3 aromatic rings. The highest BCUT2D eigenvalue weighted by Crippen LogP contribution is 2.26. The highest BCUT2D eigenvalue weighted by atomic mass is 32.1. The van der Waals surface area contributed by atoms with Gasteiger partial charge in [0, 0.05) is 28.4 Å². The molecular formula is C22H24N4O3S. The predicted molar refractivity (Wildman–Crippen MR) is 116 cm³/mol. The smallest absolute Gasteiger partial charge is 0.325 e. The van der Waals surface area contributed by atoms with Gasteiger partial charge in [-0.1, -0.05) is 38.1 Å². The Morgan fingerprint density at radius 2 is 2.00 bits per heavy atom. The fourth-order valence-corrected chi connectivity index (χ4v) is 4.73. The molecule has 1 saturated heterocycles. The lowest BCUT2D eigenvalue weighted by Gasteiger charge is -2.22. The SMILES string of the molecule is CC(C)[C@@H](NC(=O)CN1C(=O)N[C@@H](Cc2c[nH]c3ccccc23)C1=O)c1cccs1. The molecule has 2 aromatic heterocycles. The number of nitrogens with one attached hydrogen (secondary N) is 3. The number of para-hydroxylation sites is 1. The molecule has 0 unspecified atom stereocenters. The molecule has 4 rings (SSSR count). The van der Waals surface area contributed by atoms with Crippen molar-refractivity contribution >= 4 is 40.1 Å². The largest absolute Gasteiger partial charge is 0.361 e. The van der Waals surface area contributed by atoms with Gasteiger partial charge < -0.3 is 15.6 Å². The van der Waals surface area contributed by atoms with Crippen LogP contribution in [0.25, 0.3) is 10.9 Å². The van der Waals surface area contributed by atoms with Gasteiger partial charge in [0.1, 0.15) is 12.6 Å². The third kappa shape index (κ3) is 3.95. The number of carbonyl (C=O) groups is 3. The molecule has 1 aliphatic heterocycles. The van der Waals surface area contributed by atoms with E-state index in [1.54, 1.807) is 11.3 Å². The van der Waals surface area contributed by atoms with E-state index in [9.17, 15) is 14.4 Å². The summed E-state index contributed by atoms with van der Waals surface area (Å²) in [4.78, 5) is 43.0. The average molecular weight is 425 g/mol. The number of aromatic nitrogens is 1. The van der Waals surface area contributed by atoms with Gasteiger partial charge in [0.2, 0.25) is 5.91 Å². The Morgan fingerprint density at radius 1 is 1.20 bits per heavy atom. The molecule has 30 heavy (non-hydrogen) atoms. The fraction of sp³-hybridized carbons (Fsp3) is 0.318. The number of benzene rings is 1. The first-order valence-electron chi connectivity index (χ1n) is 9.93. The van der Waals surface area contributed by atoms with Crippen LogP contribution in [0.4, 0.5) is 4.79 Å². The van der Waals surface area contributed by atoms with Crippen molar-refractivity contribution in [2.75, 3.05) is 6.54 Å². The Kier molecular flexibility index (Phi) is 5.59. The fourth-order valence-electron chi connectivity index (χ4n) is 3.78. The minimum Gasteiger partial charge on any atom is -0.361 e. The van der Waals surface area contributed by atoms with Crippen molar-refractivity contribution in [1.82, 2.24) is 20.5 Å². The molecule has 1 aliphatic rings. The molecule has 156 valence electrons. The van der Waals surface area contributed by atoms with E-state index in [0.29, 0.717) is 6.42 Å². The van der Waals surface area contributed by atoms with Crippen LogP contribution >= 0.6 is 11.3 Å². The van der Waals surface area contributed by atoms with Crippen LogP contribution in [0.5, 0.6) is 0 Å². The lowest BCUT2D eigenvalue weighted by atomic mass is 10.0. The standard InChI is InChI=1S/C22H24N4O3S/c1-13(2)20(18-8-5-9-30-18)25-19(27)12-26-21(28)17(24-22(26)29)10-14-11-23-16-7-4-3-6-15(14)16/h3-9,11,13,17,20,23H,10,12H2,1-2H3,(H,24,29)(H,25,27)/t17-,20+/m0/s1. The van der Waals surface area contributed by atoms with Crippen LogP contribution < -0.4 is 10.6 Å². The number of H-pyrrole nitrogens is 1. The molecule has 0 aliphatic carbocycles. The van der Waals surface area contributed by atoms with Gasteiger partial charge in [0.25, 0.3) is 5.91 Å². The molecule has 0 spiro atoms. The number of nitrogens with zero attached hydrogens (tertiary/aromatic N) is 1. The topological polar surface area (TPSA) is 94.3 Å².